The monoisotopic (exact) mass is 1860 g/mol. The Balaban J connectivity index is 0.000000184. The second kappa shape index (κ2) is 42.0. The molecule has 672 valence electrons. The van der Waals surface area contributed by atoms with E-state index in [4.69, 9.17) is 47.0 Å². The fourth-order valence-electron chi connectivity index (χ4n) is 12.6. The number of phenols is 4. The van der Waals surface area contributed by atoms with E-state index in [0.29, 0.717) is 61.8 Å². The van der Waals surface area contributed by atoms with Gasteiger partial charge < -0.3 is 54.8 Å². The number of aryl methyl sites for hydroxylation is 8. The van der Waals surface area contributed by atoms with E-state index in [1.807, 2.05) is 132 Å². The van der Waals surface area contributed by atoms with Crippen molar-refractivity contribution >= 4 is 197 Å². The van der Waals surface area contributed by atoms with Crippen LogP contribution in [0.3, 0.4) is 0 Å². The Kier molecular flexibility index (Phi) is 31.9. The van der Waals surface area contributed by atoms with Gasteiger partial charge in [0.25, 0.3) is 40.5 Å². The van der Waals surface area contributed by atoms with Crippen LogP contribution in [-0.2, 0) is 51.1 Å². The fraction of sp³-hybridized carbons (Fsp3) is 0.111. The van der Waals surface area contributed by atoms with Crippen LogP contribution in [0.4, 0.5) is 91.0 Å². The van der Waals surface area contributed by atoms with Crippen molar-refractivity contribution in [2.75, 3.05) is 34.4 Å². The number of hydrogen-bond donors (Lipinski definition) is 14. The van der Waals surface area contributed by atoms with Crippen LogP contribution < -0.4 is 34.4 Å². The molecule has 0 heterocycles. The molecule has 35 nitrogen and oxygen atoms in total. The molecule has 0 spiro atoms. The van der Waals surface area contributed by atoms with Crippen LogP contribution in [0.15, 0.2) is 289 Å². The summed E-state index contributed by atoms with van der Waals surface area (Å²) in [7, 11) is -21.9. The fourth-order valence-corrected chi connectivity index (χ4v) is 15.4. The molecule has 130 heavy (non-hydrogen) atoms. The number of aromatic hydroxyl groups is 4. The number of nitrogens with two attached hydrogens (primary N) is 6. The molecule has 14 aromatic rings. The average Bonchev–Trinajstić information content (AvgIpc) is 0.760. The predicted octanol–water partition coefficient (Wildman–Crippen LogP) is 22.0. The van der Waals surface area contributed by atoms with Gasteiger partial charge in [0.2, 0.25) is 0 Å². The average molecular weight is 1860 g/mol. The third-order valence-electron chi connectivity index (χ3n) is 19.2. The molecule has 0 fully saturated rings. The highest BCUT2D eigenvalue weighted by Gasteiger charge is 2.26. The molecule has 20 N–H and O–H groups in total. The Bertz CT molecular complexity index is 7630. The molecule has 0 saturated carbocycles. The summed E-state index contributed by atoms with van der Waals surface area (Å²) in [6, 6.07) is 56.9. The Labute approximate surface area is 748 Å². The van der Waals surface area contributed by atoms with E-state index >= 15 is 0 Å². The maximum atomic E-state index is 11.9. The molecule has 0 amide bonds. The lowest BCUT2D eigenvalue weighted by Crippen LogP contribution is -2.00. The van der Waals surface area contributed by atoms with Gasteiger partial charge in [-0.05, 0) is 280 Å². The zero-order chi connectivity index (χ0) is 95.8. The lowest BCUT2D eigenvalue weighted by molar-refractivity contribution is 0.472. The molecule has 0 bridgehead atoms. The van der Waals surface area contributed by atoms with Gasteiger partial charge in [-0.2, -0.15) is 59.2 Å². The summed E-state index contributed by atoms with van der Waals surface area (Å²) in [6.07, 6.45) is 6.06. The number of nitrogen functional groups attached to an aromatic ring is 6. The lowest BCUT2D eigenvalue weighted by Gasteiger charge is -2.11. The number of azo groups is 5. The highest BCUT2D eigenvalue weighted by atomic mass is 32.2. The number of rotatable bonds is 16. The van der Waals surface area contributed by atoms with Gasteiger partial charge in [0, 0.05) is 50.0 Å². The highest BCUT2D eigenvalue weighted by molar-refractivity contribution is 7.86. The summed E-state index contributed by atoms with van der Waals surface area (Å²) in [5, 5.41) is 86.5. The van der Waals surface area contributed by atoms with Crippen molar-refractivity contribution in [1.29, 1.82) is 0 Å². The van der Waals surface area contributed by atoms with Crippen LogP contribution in [0.1, 0.15) is 69.5 Å². The topological polar surface area (TPSA) is 629 Å². The van der Waals surface area contributed by atoms with E-state index in [1.54, 1.807) is 75.4 Å². The van der Waals surface area contributed by atoms with Crippen LogP contribution >= 0.6 is 0 Å². The molecular weight excluding hydrogens is 1770 g/mol. The van der Waals surface area contributed by atoms with Crippen molar-refractivity contribution in [3.63, 3.8) is 0 Å². The van der Waals surface area contributed by atoms with Crippen molar-refractivity contribution in [2.24, 2.45) is 51.1 Å². The van der Waals surface area contributed by atoms with E-state index in [0.717, 1.165) is 74.4 Å². The molecule has 0 aliphatic carbocycles. The van der Waals surface area contributed by atoms with Gasteiger partial charge in [-0.3, -0.25) is 18.2 Å². The number of anilines is 6. The Morgan fingerprint density at radius 2 is 0.662 bits per heavy atom. The Hall–Kier alpha value is -15.1. The maximum Gasteiger partial charge on any atom is 0.425 e. The standard InChI is InChI=1S/C20H19N3O7S2.C19H17N3O7S2.2C19H19N3O.C13H14N4.O3S/c1-3-4-12-5-6-14(10-16(12)31(25,26)27)22-23-19-17(32(28,29)30)9-13-7-11(2)8-15(21)18(13)20(19)24;1-2-3-11-5-7-14(10-16(11)30(24,25)26)21-22-18-17(31(27,28)29)8-12-4-6-13(20)9-15(12)19(18)23;1-11-4-7-16(9-12(11)2)21-22-18-13(3)8-14-5-6-15(20)10-17(14)19(18)23;1-11-7-8-15(10-12(11)2)21-22-18-13(3)9-14-5-4-6-16(20)17(14)19(18)23;1-9-2-5-11(6-3-9)16-17-13-7-4-10(14)8-12(13)15;1-4(2)3/h3-10,24H,21H2,1-2H3,(H,25,26,27)(H,28,29,30);2-10,23H,20H2,1H3,(H,24,25,26)(H,27,28,29);2*4-10,23H,20H2,1-3H3;2-8H,14-15H2,1H3;/b4-3+,23-22?;3-2+,22-21?;;;;. The summed E-state index contributed by atoms with van der Waals surface area (Å²) < 4.78 is 158. The SMILES string of the molecule is C/C=C/c1ccc(N=Nc2c(S(=O)(=O)O)cc3cc(C)cc(N)c3c2O)cc1S(=O)(=O)O.C/C=C/c1ccc(N=Nc2c(S(=O)(=O)O)cc3ccc(N)cc3c2O)cc1S(=O)(=O)O.Cc1ccc(N=Nc2c(C)cc3ccc(N)cc3c2O)cc1C.Cc1ccc(N=Nc2c(C)cc3cccc(N)c3c2O)cc1C.Cc1ccc(N=Nc2ccc(N)cc2N)cc1.O=S(=O)=O. The first kappa shape index (κ1) is 98.6. The summed E-state index contributed by atoms with van der Waals surface area (Å²) in [6.45, 7) is 19.1. The molecule has 0 aliphatic rings. The first-order valence-corrected chi connectivity index (χ1v) is 45.1. The zero-order valence-corrected chi connectivity index (χ0v) is 75.1. The predicted molar refractivity (Wildman–Crippen MR) is 505 cm³/mol. The number of fused-ring (bicyclic) bond motifs is 4. The lowest BCUT2D eigenvalue weighted by atomic mass is 10.0. The second-order valence-electron chi connectivity index (χ2n) is 29.0. The first-order valence-electron chi connectivity index (χ1n) is 38.3. The van der Waals surface area contributed by atoms with Gasteiger partial charge in [0.05, 0.1) is 34.1 Å². The van der Waals surface area contributed by atoms with E-state index in [2.05, 4.69) is 65.0 Å². The van der Waals surface area contributed by atoms with Crippen LogP contribution in [-0.4, -0.2) is 84.9 Å². The van der Waals surface area contributed by atoms with E-state index in [1.165, 1.54) is 71.3 Å². The van der Waals surface area contributed by atoms with Gasteiger partial charge in [-0.1, -0.05) is 96.6 Å². The third-order valence-corrected chi connectivity index (χ3v) is 22.8. The molecule has 0 unspecified atom stereocenters. The van der Waals surface area contributed by atoms with E-state index in [-0.39, 0.29) is 61.2 Å². The third kappa shape index (κ3) is 25.6. The minimum absolute atomic E-state index is 0.0609. The number of benzene rings is 14. The van der Waals surface area contributed by atoms with Gasteiger partial charge in [0.15, 0.2) is 23.0 Å². The molecule has 0 radical (unpaired) electrons. The molecule has 14 aromatic carbocycles. The van der Waals surface area contributed by atoms with Crippen molar-refractivity contribution < 1.29 is 84.9 Å². The van der Waals surface area contributed by atoms with E-state index in [9.17, 15) is 72.3 Å². The van der Waals surface area contributed by atoms with E-state index < -0.39 is 93.5 Å². The summed E-state index contributed by atoms with van der Waals surface area (Å²) in [5.41, 5.74) is 48.9. The minimum atomic E-state index is -4.82. The molecule has 14 rings (SSSR count). The number of allylic oxidation sites excluding steroid dienone is 2. The normalized spacial score (nSPS) is 11.9. The molecule has 40 heteroatoms. The minimum Gasteiger partial charge on any atom is -0.505 e. The number of phenolic OH excluding ortho intramolecular Hbond substituents is 4. The second-order valence-corrected chi connectivity index (χ2v) is 35.0. The van der Waals surface area contributed by atoms with Crippen LogP contribution in [0, 0.1) is 55.4 Å². The molecule has 0 aliphatic heterocycles. The first-order chi connectivity index (χ1) is 61.0. The van der Waals surface area contributed by atoms with Crippen LogP contribution in [0.5, 0.6) is 23.0 Å². The van der Waals surface area contributed by atoms with Gasteiger partial charge >= 0.3 is 10.6 Å². The summed E-state index contributed by atoms with van der Waals surface area (Å²) in [5.74, 6) is -1.04. The quantitative estimate of drug-likeness (QED) is 0.0243. The molecule has 0 saturated heterocycles. The Morgan fingerprint density at radius 3 is 1.12 bits per heavy atom. The van der Waals surface area contributed by atoms with Gasteiger partial charge in [-0.15, -0.1) is 38.2 Å². The van der Waals surface area contributed by atoms with Crippen molar-refractivity contribution in [3.05, 3.63) is 274 Å². The molecular formula is C90H88N16O19S5. The Morgan fingerprint density at radius 1 is 0.292 bits per heavy atom. The molecule has 0 aromatic heterocycles. The van der Waals surface area contributed by atoms with Crippen molar-refractivity contribution in [2.45, 2.75) is 88.8 Å². The van der Waals surface area contributed by atoms with Gasteiger partial charge in [0.1, 0.15) is 48.0 Å². The van der Waals surface area contributed by atoms with Crippen molar-refractivity contribution in [1.82, 2.24) is 0 Å². The zero-order valence-electron chi connectivity index (χ0n) is 71.0. The van der Waals surface area contributed by atoms with Crippen LogP contribution in [0.2, 0.25) is 0 Å². The van der Waals surface area contributed by atoms with Gasteiger partial charge in [-0.25, -0.2) is 0 Å². The highest BCUT2D eigenvalue weighted by Crippen LogP contribution is 2.47. The smallest absolute Gasteiger partial charge is 0.425 e. The maximum absolute atomic E-state index is 11.9. The molecule has 0 atom stereocenters. The van der Waals surface area contributed by atoms with Crippen molar-refractivity contribution in [3.8, 4) is 23.0 Å². The number of nitrogens with zero attached hydrogens (tertiary/aromatic N) is 10. The summed E-state index contributed by atoms with van der Waals surface area (Å²) >= 11 is 0. The number of hydrogen-bond acceptors (Lipinski definition) is 31. The largest absolute Gasteiger partial charge is 0.505 e. The summed E-state index contributed by atoms with van der Waals surface area (Å²) in [4.78, 5) is -2.29. The van der Waals surface area contributed by atoms with Crippen LogP contribution in [0.25, 0.3) is 55.2 Å².